The summed E-state index contributed by atoms with van der Waals surface area (Å²) in [4.78, 5) is 12.0. The summed E-state index contributed by atoms with van der Waals surface area (Å²) in [5.74, 6) is 0.418. The number of nitrogens with zero attached hydrogens (tertiary/aromatic N) is 2. The molecule has 1 heterocycles. The van der Waals surface area contributed by atoms with Crippen LogP contribution < -0.4 is 11.1 Å². The molecular weight excluding hydrogens is 216 g/mol. The summed E-state index contributed by atoms with van der Waals surface area (Å²) in [6, 6.07) is 8.76. The molecule has 1 aromatic heterocycles. The Balaban J connectivity index is 2.23. The van der Waals surface area contributed by atoms with Gasteiger partial charge in [0.1, 0.15) is 5.82 Å². The molecule has 0 fully saturated rings. The van der Waals surface area contributed by atoms with Crippen LogP contribution in [0.1, 0.15) is 16.1 Å². The van der Waals surface area contributed by atoms with Gasteiger partial charge in [-0.3, -0.25) is 9.48 Å². The Morgan fingerprint density at radius 2 is 2.12 bits per heavy atom. The summed E-state index contributed by atoms with van der Waals surface area (Å²) in [7, 11) is 1.77. The van der Waals surface area contributed by atoms with Crippen molar-refractivity contribution >= 4 is 17.4 Å². The lowest BCUT2D eigenvalue weighted by molar-refractivity contribution is 0.102. The third-order valence-electron chi connectivity index (χ3n) is 2.45. The maximum Gasteiger partial charge on any atom is 0.258 e. The lowest BCUT2D eigenvalue weighted by atomic mass is 10.1. The molecule has 5 heteroatoms. The average molecular weight is 230 g/mol. The molecule has 88 valence electrons. The Morgan fingerprint density at radius 1 is 1.41 bits per heavy atom. The fourth-order valence-electron chi connectivity index (χ4n) is 1.62. The van der Waals surface area contributed by atoms with Gasteiger partial charge in [0.2, 0.25) is 0 Å². The van der Waals surface area contributed by atoms with E-state index in [-0.39, 0.29) is 5.91 Å². The molecule has 0 aliphatic carbocycles. The van der Waals surface area contributed by atoms with Crippen LogP contribution in [0.3, 0.4) is 0 Å². The van der Waals surface area contributed by atoms with E-state index in [0.717, 1.165) is 5.69 Å². The smallest absolute Gasteiger partial charge is 0.258 e. The van der Waals surface area contributed by atoms with Gasteiger partial charge < -0.3 is 11.1 Å². The predicted molar refractivity (Wildman–Crippen MR) is 66.8 cm³/mol. The second-order valence-electron chi connectivity index (χ2n) is 3.84. The van der Waals surface area contributed by atoms with E-state index < -0.39 is 0 Å². The van der Waals surface area contributed by atoms with E-state index in [1.54, 1.807) is 42.1 Å². The monoisotopic (exact) mass is 230 g/mol. The van der Waals surface area contributed by atoms with Crippen molar-refractivity contribution < 1.29 is 4.79 Å². The zero-order valence-corrected chi connectivity index (χ0v) is 9.77. The predicted octanol–water partition coefficient (Wildman–Crippen LogP) is 1.56. The van der Waals surface area contributed by atoms with E-state index in [4.69, 9.17) is 5.73 Å². The molecule has 17 heavy (non-hydrogen) atoms. The van der Waals surface area contributed by atoms with Crippen LogP contribution in [-0.4, -0.2) is 15.7 Å². The van der Waals surface area contributed by atoms with Gasteiger partial charge >= 0.3 is 0 Å². The molecule has 0 saturated carbocycles. The number of amides is 1. The number of anilines is 2. The van der Waals surface area contributed by atoms with Crippen LogP contribution in [0.15, 0.2) is 30.3 Å². The summed E-state index contributed by atoms with van der Waals surface area (Å²) < 4.78 is 1.62. The number of rotatable bonds is 2. The Kier molecular flexibility index (Phi) is 2.82. The highest BCUT2D eigenvalue weighted by atomic mass is 16.1. The molecule has 0 atom stereocenters. The number of hydrogen-bond donors (Lipinski definition) is 2. The zero-order chi connectivity index (χ0) is 12.4. The number of nitrogens with one attached hydrogen (secondary N) is 1. The second-order valence-corrected chi connectivity index (χ2v) is 3.84. The molecule has 0 saturated heterocycles. The molecule has 0 bridgehead atoms. The second kappa shape index (κ2) is 4.29. The van der Waals surface area contributed by atoms with Gasteiger partial charge in [-0.05, 0) is 19.1 Å². The van der Waals surface area contributed by atoms with Crippen LogP contribution in [0.4, 0.5) is 11.5 Å². The van der Waals surface area contributed by atoms with Crippen LogP contribution in [0, 0.1) is 6.92 Å². The van der Waals surface area contributed by atoms with Crippen molar-refractivity contribution in [2.24, 2.45) is 7.05 Å². The van der Waals surface area contributed by atoms with Gasteiger partial charge in [-0.15, -0.1) is 0 Å². The van der Waals surface area contributed by atoms with Crippen molar-refractivity contribution in [2.75, 3.05) is 11.1 Å². The summed E-state index contributed by atoms with van der Waals surface area (Å²) >= 11 is 0. The van der Waals surface area contributed by atoms with Crippen molar-refractivity contribution in [3.05, 3.63) is 41.6 Å². The lowest BCUT2D eigenvalue weighted by Gasteiger charge is -2.06. The number of aryl methyl sites for hydroxylation is 2. The van der Waals surface area contributed by atoms with Crippen LogP contribution in [0.5, 0.6) is 0 Å². The van der Waals surface area contributed by atoms with Crippen molar-refractivity contribution in [3.63, 3.8) is 0 Å². The first-order valence-electron chi connectivity index (χ1n) is 5.24. The SMILES string of the molecule is Cc1cc(NC(=O)c2ccccc2N)n(C)n1. The quantitative estimate of drug-likeness (QED) is 0.769. The van der Waals surface area contributed by atoms with Crippen LogP contribution in [-0.2, 0) is 7.05 Å². The maximum atomic E-state index is 12.0. The fraction of sp³-hybridized carbons (Fsp3) is 0.167. The molecule has 2 aromatic rings. The number of para-hydroxylation sites is 1. The maximum absolute atomic E-state index is 12.0. The van der Waals surface area contributed by atoms with E-state index >= 15 is 0 Å². The normalized spacial score (nSPS) is 10.2. The van der Waals surface area contributed by atoms with E-state index in [2.05, 4.69) is 10.4 Å². The molecule has 0 radical (unpaired) electrons. The van der Waals surface area contributed by atoms with Gasteiger partial charge in [0.05, 0.1) is 11.3 Å². The Hall–Kier alpha value is -2.30. The highest BCUT2D eigenvalue weighted by Gasteiger charge is 2.11. The first kappa shape index (κ1) is 11.2. The molecule has 3 N–H and O–H groups in total. The summed E-state index contributed by atoms with van der Waals surface area (Å²) in [6.07, 6.45) is 0. The summed E-state index contributed by atoms with van der Waals surface area (Å²) in [5, 5.41) is 6.92. The van der Waals surface area contributed by atoms with E-state index in [9.17, 15) is 4.79 Å². The van der Waals surface area contributed by atoms with Gasteiger partial charge in [-0.2, -0.15) is 5.10 Å². The minimum Gasteiger partial charge on any atom is -0.398 e. The topological polar surface area (TPSA) is 72.9 Å². The van der Waals surface area contributed by atoms with Gasteiger partial charge in [-0.1, -0.05) is 12.1 Å². The molecule has 0 aliphatic heterocycles. The summed E-state index contributed by atoms with van der Waals surface area (Å²) in [6.45, 7) is 1.87. The van der Waals surface area contributed by atoms with Gasteiger partial charge in [0.25, 0.3) is 5.91 Å². The van der Waals surface area contributed by atoms with Gasteiger partial charge in [0, 0.05) is 18.8 Å². The highest BCUT2D eigenvalue weighted by molar-refractivity contribution is 6.07. The minimum atomic E-state index is -0.230. The molecule has 0 aliphatic rings. The number of nitrogen functional groups attached to an aromatic ring is 1. The number of aromatic nitrogens is 2. The molecule has 5 nitrogen and oxygen atoms in total. The van der Waals surface area contributed by atoms with E-state index in [1.807, 2.05) is 6.92 Å². The highest BCUT2D eigenvalue weighted by Crippen LogP contribution is 2.14. The zero-order valence-electron chi connectivity index (χ0n) is 9.77. The van der Waals surface area contributed by atoms with Crippen molar-refractivity contribution in [1.82, 2.24) is 9.78 Å². The standard InChI is InChI=1S/C12H14N4O/c1-8-7-11(16(2)15-8)14-12(17)9-5-3-4-6-10(9)13/h3-7H,13H2,1-2H3,(H,14,17). The van der Waals surface area contributed by atoms with Crippen LogP contribution >= 0.6 is 0 Å². The Labute approximate surface area is 99.2 Å². The Morgan fingerprint density at radius 3 is 2.71 bits per heavy atom. The molecular formula is C12H14N4O. The molecule has 0 spiro atoms. The average Bonchev–Trinajstić information content (AvgIpc) is 2.58. The van der Waals surface area contributed by atoms with Crippen molar-refractivity contribution in [2.45, 2.75) is 6.92 Å². The van der Waals surface area contributed by atoms with Gasteiger partial charge in [0.15, 0.2) is 0 Å². The Bertz CT molecular complexity index is 559. The van der Waals surface area contributed by atoms with E-state index in [0.29, 0.717) is 17.1 Å². The molecule has 2 rings (SSSR count). The third kappa shape index (κ3) is 2.28. The number of nitrogens with two attached hydrogens (primary N) is 1. The minimum absolute atomic E-state index is 0.230. The van der Waals surface area contributed by atoms with Crippen molar-refractivity contribution in [1.29, 1.82) is 0 Å². The largest absolute Gasteiger partial charge is 0.398 e. The number of carbonyl (C=O) groups excluding carboxylic acids is 1. The lowest BCUT2D eigenvalue weighted by Crippen LogP contribution is -2.16. The number of benzene rings is 1. The van der Waals surface area contributed by atoms with Crippen molar-refractivity contribution in [3.8, 4) is 0 Å². The molecule has 1 amide bonds. The number of hydrogen-bond acceptors (Lipinski definition) is 3. The first-order chi connectivity index (χ1) is 8.08. The molecule has 0 unspecified atom stereocenters. The first-order valence-corrected chi connectivity index (χ1v) is 5.24. The van der Waals surface area contributed by atoms with Crippen LogP contribution in [0.25, 0.3) is 0 Å². The van der Waals surface area contributed by atoms with E-state index in [1.165, 1.54) is 0 Å². The third-order valence-corrected chi connectivity index (χ3v) is 2.45. The van der Waals surface area contributed by atoms with Gasteiger partial charge in [-0.25, -0.2) is 0 Å². The van der Waals surface area contributed by atoms with Crippen LogP contribution in [0.2, 0.25) is 0 Å². The fourth-order valence-corrected chi connectivity index (χ4v) is 1.62. The number of carbonyl (C=O) groups is 1. The summed E-state index contributed by atoms with van der Waals surface area (Å²) in [5.41, 5.74) is 7.51. The molecule has 1 aromatic carbocycles.